The predicted octanol–water partition coefficient (Wildman–Crippen LogP) is 4.07. The molecule has 0 fully saturated rings. The fourth-order valence-corrected chi connectivity index (χ4v) is 2.51. The monoisotopic (exact) mass is 321 g/mol. The van der Waals surface area contributed by atoms with Crippen LogP contribution in [0.4, 0.5) is 17.6 Å². The molecule has 0 spiro atoms. The molecule has 0 bridgehead atoms. The molecule has 0 radical (unpaired) electrons. The molecule has 1 aliphatic rings. The van der Waals surface area contributed by atoms with Gasteiger partial charge in [0.25, 0.3) is 0 Å². The van der Waals surface area contributed by atoms with E-state index in [9.17, 15) is 22.4 Å². The van der Waals surface area contributed by atoms with Crippen molar-refractivity contribution in [3.05, 3.63) is 70.5 Å². The lowest BCUT2D eigenvalue weighted by Gasteiger charge is -2.18. The number of hydrogen-bond donors (Lipinski definition) is 0. The molecule has 0 amide bonds. The van der Waals surface area contributed by atoms with E-state index in [-0.39, 0.29) is 17.8 Å². The van der Waals surface area contributed by atoms with Crippen LogP contribution in [0.2, 0.25) is 0 Å². The van der Waals surface area contributed by atoms with Crippen LogP contribution < -0.4 is 0 Å². The lowest BCUT2D eigenvalue weighted by Crippen LogP contribution is -2.23. The molecular formula is C17H11F4NO. The molecule has 0 aromatic heterocycles. The van der Waals surface area contributed by atoms with Crippen LogP contribution in [0.25, 0.3) is 0 Å². The van der Waals surface area contributed by atoms with Crippen LogP contribution in [0.15, 0.2) is 47.5 Å². The normalized spacial score (nSPS) is 14.2. The van der Waals surface area contributed by atoms with Gasteiger partial charge in [-0.15, -0.1) is 0 Å². The van der Waals surface area contributed by atoms with Crippen LogP contribution in [-0.2, 0) is 12.6 Å². The largest absolute Gasteiger partial charge is 0.416 e. The van der Waals surface area contributed by atoms with Gasteiger partial charge in [-0.25, -0.2) is 4.39 Å². The molecule has 0 saturated heterocycles. The smallest absolute Gasteiger partial charge is 0.287 e. The summed E-state index contributed by atoms with van der Waals surface area (Å²) in [6, 6.07) is 8.25. The number of benzene rings is 2. The summed E-state index contributed by atoms with van der Waals surface area (Å²) in [6.45, 7) is 0.247. The molecule has 2 nitrogen and oxygen atoms in total. The average molecular weight is 321 g/mol. The quantitative estimate of drug-likeness (QED) is 0.605. The first-order valence-corrected chi connectivity index (χ1v) is 6.91. The number of carbonyl (C=O) groups is 1. The summed E-state index contributed by atoms with van der Waals surface area (Å²) in [6.07, 6.45) is -4.08. The number of halogens is 4. The molecule has 1 heterocycles. The number of fused-ring (bicyclic) bond motifs is 1. The van der Waals surface area contributed by atoms with E-state index in [4.69, 9.17) is 0 Å². The first-order valence-electron chi connectivity index (χ1n) is 6.91. The third kappa shape index (κ3) is 3.02. The van der Waals surface area contributed by atoms with Crippen LogP contribution in [0.5, 0.6) is 0 Å². The van der Waals surface area contributed by atoms with Crippen molar-refractivity contribution >= 4 is 11.5 Å². The molecule has 0 unspecified atom stereocenters. The molecule has 118 valence electrons. The van der Waals surface area contributed by atoms with E-state index in [0.29, 0.717) is 17.5 Å². The highest BCUT2D eigenvalue weighted by Crippen LogP contribution is 2.32. The molecule has 0 aliphatic carbocycles. The van der Waals surface area contributed by atoms with Crippen molar-refractivity contribution in [2.24, 2.45) is 4.99 Å². The van der Waals surface area contributed by atoms with Gasteiger partial charge in [-0.1, -0.05) is 6.07 Å². The Kier molecular flexibility index (Phi) is 3.75. The van der Waals surface area contributed by atoms with Gasteiger partial charge in [0, 0.05) is 17.7 Å². The zero-order valence-corrected chi connectivity index (χ0v) is 11.8. The van der Waals surface area contributed by atoms with Crippen LogP contribution in [0.1, 0.15) is 27.0 Å². The lowest BCUT2D eigenvalue weighted by atomic mass is 9.91. The lowest BCUT2D eigenvalue weighted by molar-refractivity contribution is -0.137. The maximum Gasteiger partial charge on any atom is 0.416 e. The maximum atomic E-state index is 12.9. The van der Waals surface area contributed by atoms with Crippen LogP contribution in [0, 0.1) is 5.82 Å². The molecule has 0 saturated carbocycles. The van der Waals surface area contributed by atoms with Crippen molar-refractivity contribution in [1.29, 1.82) is 0 Å². The number of aliphatic imine (C=N–C) groups is 1. The topological polar surface area (TPSA) is 29.4 Å². The molecule has 1 aliphatic heterocycles. The van der Waals surface area contributed by atoms with Gasteiger partial charge in [0.2, 0.25) is 5.78 Å². The highest BCUT2D eigenvalue weighted by atomic mass is 19.4. The fraction of sp³-hybridized carbons (Fsp3) is 0.176. The van der Waals surface area contributed by atoms with E-state index >= 15 is 0 Å². The van der Waals surface area contributed by atoms with E-state index in [1.165, 1.54) is 18.2 Å². The summed E-state index contributed by atoms with van der Waals surface area (Å²) < 4.78 is 51.3. The Balaban J connectivity index is 1.99. The van der Waals surface area contributed by atoms with Crippen molar-refractivity contribution < 1.29 is 22.4 Å². The number of nitrogens with zero attached hydrogens (tertiary/aromatic N) is 1. The molecular weight excluding hydrogens is 310 g/mol. The number of Topliss-reactive ketones (excluding diaryl/α,β-unsaturated/α-hetero) is 1. The fourth-order valence-electron chi connectivity index (χ4n) is 2.51. The molecule has 2 aromatic carbocycles. The van der Waals surface area contributed by atoms with Crippen LogP contribution in [0.3, 0.4) is 0 Å². The van der Waals surface area contributed by atoms with E-state index in [1.807, 2.05) is 0 Å². The van der Waals surface area contributed by atoms with Crippen molar-refractivity contribution in [2.75, 3.05) is 6.54 Å². The van der Waals surface area contributed by atoms with Crippen molar-refractivity contribution in [1.82, 2.24) is 0 Å². The van der Waals surface area contributed by atoms with Gasteiger partial charge in [0.1, 0.15) is 11.5 Å². The second-order valence-corrected chi connectivity index (χ2v) is 5.19. The van der Waals surface area contributed by atoms with Crippen molar-refractivity contribution in [3.63, 3.8) is 0 Å². The second-order valence-electron chi connectivity index (χ2n) is 5.19. The van der Waals surface area contributed by atoms with Gasteiger partial charge in [-0.2, -0.15) is 13.2 Å². The van der Waals surface area contributed by atoms with E-state index in [0.717, 1.165) is 24.3 Å². The molecule has 0 atom stereocenters. The SMILES string of the molecule is O=C(C1=NCCc2cc(C(F)(F)F)ccc21)c1ccc(F)cc1. The third-order valence-corrected chi connectivity index (χ3v) is 3.66. The highest BCUT2D eigenvalue weighted by molar-refractivity contribution is 6.51. The Labute approximate surface area is 129 Å². The summed E-state index contributed by atoms with van der Waals surface area (Å²) in [5.74, 6) is -0.895. The first-order chi connectivity index (χ1) is 10.9. The summed E-state index contributed by atoms with van der Waals surface area (Å²) in [5, 5.41) is 0. The number of hydrogen-bond acceptors (Lipinski definition) is 2. The average Bonchev–Trinajstić information content (AvgIpc) is 2.53. The summed E-state index contributed by atoms with van der Waals surface area (Å²) >= 11 is 0. The van der Waals surface area contributed by atoms with Gasteiger partial charge in [-0.05, 0) is 48.4 Å². The second kappa shape index (κ2) is 5.61. The van der Waals surface area contributed by atoms with Gasteiger partial charge in [-0.3, -0.25) is 9.79 Å². The van der Waals surface area contributed by atoms with Crippen molar-refractivity contribution in [3.8, 4) is 0 Å². The predicted molar refractivity (Wildman–Crippen MR) is 77.3 cm³/mol. The maximum absolute atomic E-state index is 12.9. The molecule has 2 aromatic rings. The molecule has 3 rings (SSSR count). The Bertz CT molecular complexity index is 791. The summed E-state index contributed by atoms with van der Waals surface area (Å²) in [7, 11) is 0. The van der Waals surface area contributed by atoms with Gasteiger partial charge < -0.3 is 0 Å². The Morgan fingerprint density at radius 3 is 2.39 bits per heavy atom. The number of alkyl halides is 3. The van der Waals surface area contributed by atoms with Gasteiger partial charge in [0.05, 0.1) is 5.56 Å². The minimum Gasteiger partial charge on any atom is -0.287 e. The Morgan fingerprint density at radius 1 is 1.04 bits per heavy atom. The minimum absolute atomic E-state index is 0.117. The number of carbonyl (C=O) groups excluding carboxylic acids is 1. The van der Waals surface area contributed by atoms with Crippen LogP contribution in [-0.4, -0.2) is 18.0 Å². The van der Waals surface area contributed by atoms with Crippen molar-refractivity contribution in [2.45, 2.75) is 12.6 Å². The number of ketones is 1. The summed E-state index contributed by atoms with van der Waals surface area (Å²) in [4.78, 5) is 16.6. The molecule has 23 heavy (non-hydrogen) atoms. The molecule has 0 N–H and O–H groups in total. The highest BCUT2D eigenvalue weighted by Gasteiger charge is 2.32. The summed E-state index contributed by atoms with van der Waals surface area (Å²) in [5.41, 5.74) is 0.468. The standard InChI is InChI=1S/C17H11F4NO/c18-13-4-1-10(2-5-13)16(23)15-14-6-3-12(17(19,20)21)9-11(14)7-8-22-15/h1-6,9H,7-8H2. The first kappa shape index (κ1) is 15.4. The molecule has 6 heteroatoms. The third-order valence-electron chi connectivity index (χ3n) is 3.66. The van der Waals surface area contributed by atoms with E-state index in [2.05, 4.69) is 4.99 Å². The van der Waals surface area contributed by atoms with E-state index in [1.54, 1.807) is 0 Å². The minimum atomic E-state index is -4.43. The van der Waals surface area contributed by atoms with Gasteiger partial charge >= 0.3 is 6.18 Å². The Hall–Kier alpha value is -2.50. The zero-order chi connectivity index (χ0) is 16.6. The van der Waals surface area contributed by atoms with E-state index < -0.39 is 23.3 Å². The number of rotatable bonds is 2. The van der Waals surface area contributed by atoms with Crippen LogP contribution >= 0.6 is 0 Å². The van der Waals surface area contributed by atoms with Gasteiger partial charge in [0.15, 0.2) is 0 Å². The Morgan fingerprint density at radius 2 is 1.74 bits per heavy atom. The zero-order valence-electron chi connectivity index (χ0n) is 11.8.